The van der Waals surface area contributed by atoms with Crippen LogP contribution in [0.25, 0.3) is 0 Å². The van der Waals surface area contributed by atoms with Gasteiger partial charge >= 0.3 is 5.97 Å². The average Bonchev–Trinajstić information content (AvgIpc) is 2.78. The maximum Gasteiger partial charge on any atom is 0.360 e. The molecular weight excluding hydrogens is 248 g/mol. The van der Waals surface area contributed by atoms with E-state index in [0.717, 1.165) is 0 Å². The van der Waals surface area contributed by atoms with Gasteiger partial charge in [0.05, 0.1) is 13.4 Å². The number of hydrogen-bond acceptors (Lipinski definition) is 5. The molecule has 7 heteroatoms. The van der Waals surface area contributed by atoms with E-state index in [4.69, 9.17) is 5.73 Å². The molecular formula is C12H20N4O3. The molecule has 19 heavy (non-hydrogen) atoms. The highest BCUT2D eigenvalue weighted by molar-refractivity contribution is 5.92. The van der Waals surface area contributed by atoms with Gasteiger partial charge in [-0.3, -0.25) is 4.79 Å². The number of hydrogen-bond donors (Lipinski definition) is 1. The molecule has 0 saturated heterocycles. The number of aromatic nitrogens is 2. The number of rotatable bonds is 6. The van der Waals surface area contributed by atoms with Crippen molar-refractivity contribution in [2.75, 3.05) is 25.9 Å². The number of esters is 1. The number of anilines is 1. The van der Waals surface area contributed by atoms with Gasteiger partial charge in [-0.15, -0.1) is 0 Å². The molecule has 7 nitrogen and oxygen atoms in total. The zero-order valence-corrected chi connectivity index (χ0v) is 11.5. The van der Waals surface area contributed by atoms with Crippen molar-refractivity contribution < 1.29 is 14.3 Å². The summed E-state index contributed by atoms with van der Waals surface area (Å²) in [7, 11) is 1.27. The minimum atomic E-state index is -0.577. The van der Waals surface area contributed by atoms with Gasteiger partial charge in [-0.1, -0.05) is 0 Å². The summed E-state index contributed by atoms with van der Waals surface area (Å²) in [4.78, 5) is 28.8. The summed E-state index contributed by atoms with van der Waals surface area (Å²) in [6, 6.07) is 0. The Morgan fingerprint density at radius 2 is 2.05 bits per heavy atom. The van der Waals surface area contributed by atoms with Gasteiger partial charge < -0.3 is 19.9 Å². The van der Waals surface area contributed by atoms with E-state index in [1.807, 2.05) is 13.8 Å². The second-order valence-electron chi connectivity index (χ2n) is 3.98. The van der Waals surface area contributed by atoms with Crippen LogP contribution in [0.5, 0.6) is 0 Å². The SMILES string of the molecule is CCN(CC)C(=O)CCn1cnc(C(=O)OC)c1N. The fraction of sp³-hybridized carbons (Fsp3) is 0.583. The summed E-state index contributed by atoms with van der Waals surface area (Å²) < 4.78 is 6.14. The van der Waals surface area contributed by atoms with Gasteiger partial charge in [0.1, 0.15) is 5.82 Å². The van der Waals surface area contributed by atoms with Crippen molar-refractivity contribution in [2.24, 2.45) is 0 Å². The van der Waals surface area contributed by atoms with E-state index < -0.39 is 5.97 Å². The Morgan fingerprint density at radius 3 is 2.58 bits per heavy atom. The number of nitrogen functional groups attached to an aromatic ring is 1. The second kappa shape index (κ2) is 6.77. The fourth-order valence-corrected chi connectivity index (χ4v) is 1.77. The third-order valence-electron chi connectivity index (χ3n) is 2.94. The van der Waals surface area contributed by atoms with E-state index in [9.17, 15) is 9.59 Å². The van der Waals surface area contributed by atoms with Crippen molar-refractivity contribution in [2.45, 2.75) is 26.8 Å². The molecule has 0 bridgehead atoms. The average molecular weight is 268 g/mol. The van der Waals surface area contributed by atoms with Crippen LogP contribution < -0.4 is 5.73 Å². The summed E-state index contributed by atoms with van der Waals surface area (Å²) in [6.45, 7) is 5.63. The van der Waals surface area contributed by atoms with Crippen molar-refractivity contribution in [3.63, 3.8) is 0 Å². The van der Waals surface area contributed by atoms with E-state index in [2.05, 4.69) is 9.72 Å². The van der Waals surface area contributed by atoms with Gasteiger partial charge in [0.15, 0.2) is 5.69 Å². The summed E-state index contributed by atoms with van der Waals surface area (Å²) in [5.41, 5.74) is 5.86. The first-order valence-corrected chi connectivity index (χ1v) is 6.21. The van der Waals surface area contributed by atoms with Gasteiger partial charge in [0.2, 0.25) is 5.91 Å². The van der Waals surface area contributed by atoms with E-state index in [1.165, 1.54) is 13.4 Å². The van der Waals surface area contributed by atoms with Crippen LogP contribution in [0.2, 0.25) is 0 Å². The first-order chi connectivity index (χ1) is 9.04. The molecule has 0 aliphatic heterocycles. The predicted octanol–water partition coefficient (Wildman–Crippen LogP) is 0.510. The lowest BCUT2D eigenvalue weighted by Gasteiger charge is -2.18. The Balaban J connectivity index is 2.66. The molecule has 1 aromatic rings. The molecule has 2 N–H and O–H groups in total. The number of nitrogens with two attached hydrogens (primary N) is 1. The van der Waals surface area contributed by atoms with Gasteiger partial charge in [0, 0.05) is 26.1 Å². The van der Waals surface area contributed by atoms with Crippen LogP contribution in [-0.2, 0) is 16.1 Å². The topological polar surface area (TPSA) is 90.5 Å². The Kier molecular flexibility index (Phi) is 5.35. The molecule has 1 rings (SSSR count). The number of amides is 1. The van der Waals surface area contributed by atoms with Crippen molar-refractivity contribution in [3.05, 3.63) is 12.0 Å². The molecule has 0 radical (unpaired) electrons. The second-order valence-corrected chi connectivity index (χ2v) is 3.98. The van der Waals surface area contributed by atoms with Crippen LogP contribution in [0.15, 0.2) is 6.33 Å². The Morgan fingerprint density at radius 1 is 1.42 bits per heavy atom. The molecule has 1 aromatic heterocycles. The van der Waals surface area contributed by atoms with Gasteiger partial charge in [-0.2, -0.15) is 0 Å². The zero-order chi connectivity index (χ0) is 14.4. The number of carbonyl (C=O) groups is 2. The highest BCUT2D eigenvalue weighted by atomic mass is 16.5. The standard InChI is InChI=1S/C12H20N4O3/c1-4-15(5-2)9(17)6-7-16-8-14-10(11(16)13)12(18)19-3/h8H,4-7,13H2,1-3H3. The Bertz CT molecular complexity index is 452. The first-order valence-electron chi connectivity index (χ1n) is 6.21. The van der Waals surface area contributed by atoms with Crippen LogP contribution in [0.1, 0.15) is 30.8 Å². The molecule has 1 amide bonds. The van der Waals surface area contributed by atoms with Crippen LogP contribution in [0.3, 0.4) is 0 Å². The zero-order valence-electron chi connectivity index (χ0n) is 11.5. The summed E-state index contributed by atoms with van der Waals surface area (Å²) >= 11 is 0. The number of carbonyl (C=O) groups excluding carboxylic acids is 2. The maximum atomic E-state index is 11.8. The van der Waals surface area contributed by atoms with E-state index in [1.54, 1.807) is 9.47 Å². The van der Waals surface area contributed by atoms with Crippen LogP contribution >= 0.6 is 0 Å². The molecule has 0 atom stereocenters. The number of aryl methyl sites for hydroxylation is 1. The minimum absolute atomic E-state index is 0.0534. The lowest BCUT2D eigenvalue weighted by Crippen LogP contribution is -2.31. The number of ether oxygens (including phenoxy) is 1. The highest BCUT2D eigenvalue weighted by Crippen LogP contribution is 2.12. The molecule has 1 heterocycles. The molecule has 0 aromatic carbocycles. The quantitative estimate of drug-likeness (QED) is 0.759. The Hall–Kier alpha value is -2.05. The maximum absolute atomic E-state index is 11.8. The number of methoxy groups -OCH3 is 1. The Labute approximate surface area is 112 Å². The van der Waals surface area contributed by atoms with Crippen molar-refractivity contribution in [1.82, 2.24) is 14.5 Å². The van der Waals surface area contributed by atoms with Gasteiger partial charge in [0.25, 0.3) is 0 Å². The third kappa shape index (κ3) is 3.46. The molecule has 0 aliphatic carbocycles. The van der Waals surface area contributed by atoms with E-state index in [0.29, 0.717) is 26.1 Å². The summed E-state index contributed by atoms with van der Waals surface area (Å²) in [6.07, 6.45) is 1.76. The van der Waals surface area contributed by atoms with E-state index in [-0.39, 0.29) is 17.4 Å². The molecule has 0 spiro atoms. The molecule has 0 fully saturated rings. The van der Waals surface area contributed by atoms with Crippen LogP contribution in [0.4, 0.5) is 5.82 Å². The summed E-state index contributed by atoms with van der Waals surface area (Å²) in [5.74, 6) is -0.303. The molecule has 0 saturated carbocycles. The van der Waals surface area contributed by atoms with E-state index >= 15 is 0 Å². The highest BCUT2D eigenvalue weighted by Gasteiger charge is 2.17. The summed E-state index contributed by atoms with van der Waals surface area (Å²) in [5, 5.41) is 0. The monoisotopic (exact) mass is 268 g/mol. The van der Waals surface area contributed by atoms with Crippen LogP contribution in [-0.4, -0.2) is 46.5 Å². The molecule has 106 valence electrons. The van der Waals surface area contributed by atoms with Gasteiger partial charge in [-0.25, -0.2) is 9.78 Å². The minimum Gasteiger partial charge on any atom is -0.464 e. The van der Waals surface area contributed by atoms with Crippen molar-refractivity contribution in [1.29, 1.82) is 0 Å². The number of nitrogens with zero attached hydrogens (tertiary/aromatic N) is 3. The smallest absolute Gasteiger partial charge is 0.360 e. The first kappa shape index (κ1) is 15.0. The molecule has 0 aliphatic rings. The van der Waals surface area contributed by atoms with Gasteiger partial charge in [-0.05, 0) is 13.8 Å². The normalized spacial score (nSPS) is 10.3. The number of imidazole rings is 1. The molecule has 0 unspecified atom stereocenters. The largest absolute Gasteiger partial charge is 0.464 e. The van der Waals surface area contributed by atoms with Crippen LogP contribution in [0, 0.1) is 0 Å². The third-order valence-corrected chi connectivity index (χ3v) is 2.94. The van der Waals surface area contributed by atoms with Crippen molar-refractivity contribution >= 4 is 17.7 Å². The lowest BCUT2D eigenvalue weighted by atomic mass is 10.3. The lowest BCUT2D eigenvalue weighted by molar-refractivity contribution is -0.131. The predicted molar refractivity (Wildman–Crippen MR) is 70.5 cm³/mol. The fourth-order valence-electron chi connectivity index (χ4n) is 1.77. The van der Waals surface area contributed by atoms with Crippen molar-refractivity contribution in [3.8, 4) is 0 Å².